The van der Waals surface area contributed by atoms with Gasteiger partial charge in [-0.3, -0.25) is 24.0 Å². The van der Waals surface area contributed by atoms with Gasteiger partial charge in [-0.2, -0.15) is 0 Å². The van der Waals surface area contributed by atoms with Crippen LogP contribution in [0.25, 0.3) is 0 Å². The summed E-state index contributed by atoms with van der Waals surface area (Å²) in [6.45, 7) is 8.34. The molecule has 0 saturated heterocycles. The molecule has 2 heterocycles. The Morgan fingerprint density at radius 3 is 2.55 bits per heavy atom. The third kappa shape index (κ3) is 4.55. The van der Waals surface area contributed by atoms with Gasteiger partial charge < -0.3 is 5.73 Å². The molecule has 1 aliphatic rings. The Balaban J connectivity index is 2.09. The number of hydrogen-bond acceptors (Lipinski definition) is 6. The normalized spacial score (nSPS) is 13.9. The lowest BCUT2D eigenvalue weighted by Crippen LogP contribution is -2.43. The van der Waals surface area contributed by atoms with Crippen molar-refractivity contribution in [1.29, 1.82) is 0 Å². The van der Waals surface area contributed by atoms with Gasteiger partial charge in [0.05, 0.1) is 0 Å². The summed E-state index contributed by atoms with van der Waals surface area (Å²) in [5.41, 5.74) is 5.16. The number of hydrogen-bond donors (Lipinski definition) is 2. The average molecular weight is 400 g/mol. The van der Waals surface area contributed by atoms with E-state index in [0.717, 1.165) is 12.8 Å². The monoisotopic (exact) mass is 400 g/mol. The summed E-state index contributed by atoms with van der Waals surface area (Å²) in [6, 6.07) is 1.54. The molecule has 0 radical (unpaired) electrons. The number of anilines is 2. The Labute approximate surface area is 169 Å². The van der Waals surface area contributed by atoms with E-state index in [2.05, 4.69) is 15.0 Å². The molecule has 3 N–H and O–H groups in total. The van der Waals surface area contributed by atoms with Crippen LogP contribution in [0.3, 0.4) is 0 Å². The molecule has 0 atom stereocenters. The zero-order valence-electron chi connectivity index (χ0n) is 17.3. The summed E-state index contributed by atoms with van der Waals surface area (Å²) >= 11 is 0. The van der Waals surface area contributed by atoms with Gasteiger partial charge in [0, 0.05) is 25.2 Å². The van der Waals surface area contributed by atoms with Crippen molar-refractivity contribution in [1.82, 2.24) is 19.5 Å². The van der Waals surface area contributed by atoms with E-state index < -0.39 is 17.2 Å². The summed E-state index contributed by atoms with van der Waals surface area (Å²) in [4.78, 5) is 50.6. The van der Waals surface area contributed by atoms with Crippen LogP contribution in [0.15, 0.2) is 21.9 Å². The first-order valence-corrected chi connectivity index (χ1v) is 9.96. The molecule has 0 bridgehead atoms. The van der Waals surface area contributed by atoms with Crippen LogP contribution in [0.1, 0.15) is 62.8 Å². The van der Waals surface area contributed by atoms with Gasteiger partial charge in [0.1, 0.15) is 17.3 Å². The molecule has 3 rings (SSSR count). The summed E-state index contributed by atoms with van der Waals surface area (Å²) < 4.78 is 1.30. The highest BCUT2D eigenvalue weighted by Crippen LogP contribution is 2.37. The van der Waals surface area contributed by atoms with E-state index in [-0.39, 0.29) is 35.6 Å². The number of nitrogens with one attached hydrogen (secondary N) is 1. The van der Waals surface area contributed by atoms with Gasteiger partial charge in [-0.05, 0) is 30.7 Å². The zero-order chi connectivity index (χ0) is 21.3. The second-order valence-electron chi connectivity index (χ2n) is 8.38. The zero-order valence-corrected chi connectivity index (χ0v) is 17.3. The van der Waals surface area contributed by atoms with Gasteiger partial charge in [0.15, 0.2) is 5.69 Å². The maximum Gasteiger partial charge on any atom is 0.330 e. The number of carbonyl (C=O) groups excluding carboxylic acids is 1. The number of aromatic amines is 1. The number of H-pyrrole nitrogens is 1. The molecule has 2 aromatic heterocycles. The smallest absolute Gasteiger partial charge is 0.330 e. The fraction of sp³-hybridized carbons (Fsp3) is 0.550. The molecule has 1 aliphatic carbocycles. The molecular formula is C20H28N6O3. The Morgan fingerprint density at radius 2 is 1.97 bits per heavy atom. The van der Waals surface area contributed by atoms with Crippen LogP contribution in [0.5, 0.6) is 0 Å². The van der Waals surface area contributed by atoms with Crippen molar-refractivity contribution in [2.45, 2.75) is 53.0 Å². The van der Waals surface area contributed by atoms with Gasteiger partial charge in [0.25, 0.3) is 11.5 Å². The number of carbonyl (C=O) groups is 1. The standard InChI is InChI=1S/C20H28N6O3/c1-11(2)9-25(19(28)14-7-8-22-17(23-14)13-5-6-13)15-16(21)26(10-12(3)4)20(29)24-18(15)27/h7-8,11-13H,5-6,9-10,21H2,1-4H3,(H,24,27,29). The molecule has 1 saturated carbocycles. The molecule has 156 valence electrons. The number of rotatable bonds is 7. The van der Waals surface area contributed by atoms with Gasteiger partial charge in [-0.25, -0.2) is 14.8 Å². The van der Waals surface area contributed by atoms with Gasteiger partial charge >= 0.3 is 5.69 Å². The molecule has 29 heavy (non-hydrogen) atoms. The van der Waals surface area contributed by atoms with Crippen LogP contribution in [0.4, 0.5) is 11.5 Å². The fourth-order valence-electron chi connectivity index (χ4n) is 3.19. The SMILES string of the molecule is CC(C)CN(C(=O)c1ccnc(C2CC2)n1)c1c(N)n(CC(C)C)c(=O)[nH]c1=O. The highest BCUT2D eigenvalue weighted by Gasteiger charge is 2.30. The quantitative estimate of drug-likeness (QED) is 0.729. The van der Waals surface area contributed by atoms with Crippen molar-refractivity contribution in [3.05, 3.63) is 44.6 Å². The van der Waals surface area contributed by atoms with E-state index in [1.54, 1.807) is 6.20 Å². The summed E-state index contributed by atoms with van der Waals surface area (Å²) in [7, 11) is 0. The average Bonchev–Trinajstić information content (AvgIpc) is 3.48. The number of nitrogens with two attached hydrogens (primary N) is 1. The topological polar surface area (TPSA) is 127 Å². The molecular weight excluding hydrogens is 372 g/mol. The molecule has 9 nitrogen and oxygen atoms in total. The van der Waals surface area contributed by atoms with Crippen LogP contribution in [-0.4, -0.2) is 32.0 Å². The summed E-state index contributed by atoms with van der Waals surface area (Å²) in [5.74, 6) is 0.682. The Morgan fingerprint density at radius 1 is 1.28 bits per heavy atom. The summed E-state index contributed by atoms with van der Waals surface area (Å²) in [5, 5.41) is 0. The van der Waals surface area contributed by atoms with E-state index in [9.17, 15) is 14.4 Å². The largest absolute Gasteiger partial charge is 0.383 e. The van der Waals surface area contributed by atoms with Crippen molar-refractivity contribution in [3.63, 3.8) is 0 Å². The molecule has 1 amide bonds. The van der Waals surface area contributed by atoms with E-state index in [1.165, 1.54) is 15.5 Å². The second kappa shape index (κ2) is 8.18. The summed E-state index contributed by atoms with van der Waals surface area (Å²) in [6.07, 6.45) is 3.59. The van der Waals surface area contributed by atoms with Crippen molar-refractivity contribution in [2.75, 3.05) is 17.2 Å². The van der Waals surface area contributed by atoms with E-state index in [4.69, 9.17) is 5.73 Å². The van der Waals surface area contributed by atoms with Gasteiger partial charge in [0.2, 0.25) is 0 Å². The van der Waals surface area contributed by atoms with Crippen molar-refractivity contribution in [3.8, 4) is 0 Å². The predicted octanol–water partition coefficient (Wildman–Crippen LogP) is 1.75. The lowest BCUT2D eigenvalue weighted by atomic mass is 10.1. The highest BCUT2D eigenvalue weighted by molar-refractivity contribution is 6.06. The fourth-order valence-corrected chi connectivity index (χ4v) is 3.19. The number of nitrogens with zero attached hydrogens (tertiary/aromatic N) is 4. The maximum atomic E-state index is 13.3. The van der Waals surface area contributed by atoms with Crippen LogP contribution in [0.2, 0.25) is 0 Å². The Hall–Kier alpha value is -2.97. The molecule has 2 aromatic rings. The van der Waals surface area contributed by atoms with Gasteiger partial charge in [-0.1, -0.05) is 27.7 Å². The van der Waals surface area contributed by atoms with Crippen LogP contribution in [-0.2, 0) is 6.54 Å². The molecule has 0 spiro atoms. The molecule has 0 unspecified atom stereocenters. The Kier molecular flexibility index (Phi) is 5.86. The Bertz CT molecular complexity index is 1020. The highest BCUT2D eigenvalue weighted by atomic mass is 16.2. The van der Waals surface area contributed by atoms with E-state index in [0.29, 0.717) is 18.3 Å². The molecule has 0 aliphatic heterocycles. The van der Waals surface area contributed by atoms with Crippen LogP contribution in [0, 0.1) is 11.8 Å². The number of amides is 1. The number of aromatic nitrogens is 4. The van der Waals surface area contributed by atoms with Crippen molar-refractivity contribution >= 4 is 17.4 Å². The van der Waals surface area contributed by atoms with Crippen LogP contribution < -0.4 is 21.9 Å². The second-order valence-corrected chi connectivity index (χ2v) is 8.38. The first kappa shape index (κ1) is 20.8. The lowest BCUT2D eigenvalue weighted by Gasteiger charge is -2.26. The van der Waals surface area contributed by atoms with E-state index in [1.807, 2.05) is 27.7 Å². The van der Waals surface area contributed by atoms with Crippen LogP contribution >= 0.6 is 0 Å². The molecule has 1 fully saturated rings. The maximum absolute atomic E-state index is 13.3. The minimum absolute atomic E-state index is 0.0158. The molecule has 0 aromatic carbocycles. The first-order valence-electron chi connectivity index (χ1n) is 9.96. The van der Waals surface area contributed by atoms with Crippen molar-refractivity contribution < 1.29 is 4.79 Å². The minimum atomic E-state index is -0.682. The van der Waals surface area contributed by atoms with E-state index >= 15 is 0 Å². The third-order valence-corrected chi connectivity index (χ3v) is 4.66. The van der Waals surface area contributed by atoms with Crippen molar-refractivity contribution in [2.24, 2.45) is 11.8 Å². The minimum Gasteiger partial charge on any atom is -0.383 e. The van der Waals surface area contributed by atoms with Gasteiger partial charge in [-0.15, -0.1) is 0 Å². The molecule has 9 heteroatoms. The lowest BCUT2D eigenvalue weighted by molar-refractivity contribution is 0.0978. The first-order chi connectivity index (χ1) is 13.7. The number of nitrogen functional groups attached to an aromatic ring is 1. The third-order valence-electron chi connectivity index (χ3n) is 4.66. The predicted molar refractivity (Wildman–Crippen MR) is 111 cm³/mol.